The highest BCUT2D eigenvalue weighted by Crippen LogP contribution is 2.23. The highest BCUT2D eigenvalue weighted by Gasteiger charge is 2.34. The fourth-order valence-electron chi connectivity index (χ4n) is 2.72. The van der Waals surface area contributed by atoms with E-state index in [2.05, 4.69) is 5.32 Å². The summed E-state index contributed by atoms with van der Waals surface area (Å²) >= 11 is 0. The van der Waals surface area contributed by atoms with Crippen molar-refractivity contribution in [1.29, 1.82) is 0 Å². The Labute approximate surface area is 158 Å². The SMILES string of the molecule is COC(=O)C1=C(Nc2ccc(CCC(=O)N(C)C)cc2)C(=O)N(CCO)C1. The molecule has 1 aromatic carbocycles. The molecular formula is C19H25N3O5. The first-order valence-corrected chi connectivity index (χ1v) is 8.65. The molecule has 1 aliphatic heterocycles. The van der Waals surface area contributed by atoms with Gasteiger partial charge in [-0.15, -0.1) is 0 Å². The highest BCUT2D eigenvalue weighted by atomic mass is 16.5. The zero-order chi connectivity index (χ0) is 20.0. The number of benzene rings is 1. The quantitative estimate of drug-likeness (QED) is 0.638. The van der Waals surface area contributed by atoms with Crippen LogP contribution < -0.4 is 5.32 Å². The monoisotopic (exact) mass is 375 g/mol. The summed E-state index contributed by atoms with van der Waals surface area (Å²) in [6, 6.07) is 7.32. The first-order valence-electron chi connectivity index (χ1n) is 8.65. The van der Waals surface area contributed by atoms with Crippen molar-refractivity contribution in [2.45, 2.75) is 12.8 Å². The minimum atomic E-state index is -0.579. The van der Waals surface area contributed by atoms with Crippen LogP contribution in [0.1, 0.15) is 12.0 Å². The Bertz CT molecular complexity index is 740. The molecule has 8 nitrogen and oxygen atoms in total. The Hall–Kier alpha value is -2.87. The van der Waals surface area contributed by atoms with Crippen LogP contribution in [0.5, 0.6) is 0 Å². The minimum absolute atomic E-state index is 0.0607. The van der Waals surface area contributed by atoms with E-state index < -0.39 is 5.97 Å². The number of amides is 2. The van der Waals surface area contributed by atoms with Crippen molar-refractivity contribution in [3.63, 3.8) is 0 Å². The van der Waals surface area contributed by atoms with E-state index in [0.29, 0.717) is 18.5 Å². The maximum atomic E-state index is 12.5. The van der Waals surface area contributed by atoms with Crippen molar-refractivity contribution < 1.29 is 24.2 Å². The Balaban J connectivity index is 2.10. The molecule has 1 aromatic rings. The van der Waals surface area contributed by atoms with Gasteiger partial charge < -0.3 is 25.0 Å². The van der Waals surface area contributed by atoms with Gasteiger partial charge in [-0.05, 0) is 24.1 Å². The van der Waals surface area contributed by atoms with Gasteiger partial charge in [-0.3, -0.25) is 9.59 Å². The number of ether oxygens (including phenoxy) is 1. The summed E-state index contributed by atoms with van der Waals surface area (Å²) in [4.78, 5) is 39.1. The second kappa shape index (κ2) is 9.18. The van der Waals surface area contributed by atoms with Crippen LogP contribution in [-0.4, -0.2) is 73.6 Å². The number of carbonyl (C=O) groups excluding carboxylic acids is 3. The number of aryl methyl sites for hydroxylation is 1. The number of hydrogen-bond acceptors (Lipinski definition) is 6. The first-order chi connectivity index (χ1) is 12.9. The van der Waals surface area contributed by atoms with Gasteiger partial charge in [0.15, 0.2) is 0 Å². The average Bonchev–Trinajstić information content (AvgIpc) is 2.96. The van der Waals surface area contributed by atoms with Gasteiger partial charge >= 0.3 is 5.97 Å². The molecule has 0 atom stereocenters. The van der Waals surface area contributed by atoms with Gasteiger partial charge in [0.25, 0.3) is 5.91 Å². The molecule has 0 saturated heterocycles. The predicted molar refractivity (Wildman–Crippen MR) is 99.8 cm³/mol. The molecule has 0 aromatic heterocycles. The summed E-state index contributed by atoms with van der Waals surface area (Å²) in [7, 11) is 4.71. The summed E-state index contributed by atoms with van der Waals surface area (Å²) in [5.74, 6) is -0.874. The normalized spacial score (nSPS) is 13.8. The zero-order valence-corrected chi connectivity index (χ0v) is 15.8. The number of anilines is 1. The summed E-state index contributed by atoms with van der Waals surface area (Å²) in [6.45, 7) is 0.0519. The molecule has 1 aliphatic rings. The Morgan fingerprint density at radius 1 is 1.26 bits per heavy atom. The van der Waals surface area contributed by atoms with Crippen molar-refractivity contribution >= 4 is 23.5 Å². The van der Waals surface area contributed by atoms with E-state index in [1.54, 1.807) is 31.1 Å². The molecule has 0 bridgehead atoms. The van der Waals surface area contributed by atoms with E-state index in [9.17, 15) is 14.4 Å². The van der Waals surface area contributed by atoms with Crippen LogP contribution in [0.25, 0.3) is 0 Å². The topological polar surface area (TPSA) is 99.2 Å². The van der Waals surface area contributed by atoms with E-state index in [0.717, 1.165) is 5.56 Å². The summed E-state index contributed by atoms with van der Waals surface area (Å²) in [6.07, 6.45) is 1.04. The third kappa shape index (κ3) is 5.07. The third-order valence-electron chi connectivity index (χ3n) is 4.30. The molecule has 0 aliphatic carbocycles. The average molecular weight is 375 g/mol. The molecule has 2 N–H and O–H groups in total. The van der Waals surface area contributed by atoms with E-state index in [1.807, 2.05) is 12.1 Å². The second-order valence-electron chi connectivity index (χ2n) is 6.41. The van der Waals surface area contributed by atoms with Crippen LogP contribution in [0.15, 0.2) is 35.5 Å². The fourth-order valence-corrected chi connectivity index (χ4v) is 2.72. The van der Waals surface area contributed by atoms with Crippen molar-refractivity contribution in [1.82, 2.24) is 9.80 Å². The smallest absolute Gasteiger partial charge is 0.337 e. The van der Waals surface area contributed by atoms with E-state index >= 15 is 0 Å². The lowest BCUT2D eigenvalue weighted by atomic mass is 10.1. The third-order valence-corrected chi connectivity index (χ3v) is 4.30. The number of β-amino-alcohol motifs (C(OH)–C–C–N with tert-alkyl or cyclic N) is 1. The van der Waals surface area contributed by atoms with Crippen LogP contribution in [0, 0.1) is 0 Å². The van der Waals surface area contributed by atoms with Gasteiger partial charge in [-0.25, -0.2) is 4.79 Å². The maximum absolute atomic E-state index is 12.5. The number of nitrogens with zero attached hydrogens (tertiary/aromatic N) is 2. The van der Waals surface area contributed by atoms with Gasteiger partial charge in [0.2, 0.25) is 5.91 Å². The first kappa shape index (κ1) is 20.4. The van der Waals surface area contributed by atoms with Crippen molar-refractivity contribution in [2.24, 2.45) is 0 Å². The number of carbonyl (C=O) groups is 3. The number of hydrogen-bond donors (Lipinski definition) is 2. The molecule has 146 valence electrons. The molecule has 2 rings (SSSR count). The Kier molecular flexibility index (Phi) is 6.95. The van der Waals surface area contributed by atoms with Gasteiger partial charge in [-0.1, -0.05) is 12.1 Å². The van der Waals surface area contributed by atoms with Crippen molar-refractivity contribution in [2.75, 3.05) is 46.2 Å². The van der Waals surface area contributed by atoms with Gasteiger partial charge in [0.1, 0.15) is 5.70 Å². The molecule has 2 amide bonds. The van der Waals surface area contributed by atoms with Gasteiger partial charge in [0.05, 0.1) is 25.8 Å². The fraction of sp³-hybridized carbons (Fsp3) is 0.421. The molecule has 0 unspecified atom stereocenters. The van der Waals surface area contributed by atoms with Gasteiger partial charge in [0, 0.05) is 32.7 Å². The molecule has 8 heteroatoms. The van der Waals surface area contributed by atoms with Crippen LogP contribution in [0.4, 0.5) is 5.69 Å². The Morgan fingerprint density at radius 3 is 2.48 bits per heavy atom. The summed E-state index contributed by atoms with van der Waals surface area (Å²) in [5, 5.41) is 12.1. The predicted octanol–water partition coefficient (Wildman–Crippen LogP) is 0.381. The van der Waals surface area contributed by atoms with Crippen LogP contribution in [-0.2, 0) is 25.5 Å². The molecular weight excluding hydrogens is 350 g/mol. The lowest BCUT2D eigenvalue weighted by Gasteiger charge is -2.15. The molecule has 0 saturated carbocycles. The van der Waals surface area contributed by atoms with Crippen LogP contribution >= 0.6 is 0 Å². The Morgan fingerprint density at radius 2 is 1.93 bits per heavy atom. The number of rotatable bonds is 8. The highest BCUT2D eigenvalue weighted by molar-refractivity contribution is 6.08. The molecule has 0 spiro atoms. The van der Waals surface area contributed by atoms with Gasteiger partial charge in [-0.2, -0.15) is 0 Å². The zero-order valence-electron chi connectivity index (χ0n) is 15.8. The molecule has 0 radical (unpaired) electrons. The number of esters is 1. The second-order valence-corrected chi connectivity index (χ2v) is 6.41. The number of nitrogens with one attached hydrogen (secondary N) is 1. The number of methoxy groups -OCH3 is 1. The molecule has 27 heavy (non-hydrogen) atoms. The van der Waals surface area contributed by atoms with Crippen LogP contribution in [0.3, 0.4) is 0 Å². The molecule has 1 heterocycles. The number of aliphatic hydroxyl groups is 1. The maximum Gasteiger partial charge on any atom is 0.337 e. The van der Waals surface area contributed by atoms with Crippen molar-refractivity contribution in [3.8, 4) is 0 Å². The van der Waals surface area contributed by atoms with E-state index in [-0.39, 0.29) is 42.8 Å². The lowest BCUT2D eigenvalue weighted by Crippen LogP contribution is -2.31. The number of aliphatic hydroxyl groups excluding tert-OH is 1. The summed E-state index contributed by atoms with van der Waals surface area (Å²) < 4.78 is 4.76. The van der Waals surface area contributed by atoms with E-state index in [4.69, 9.17) is 9.84 Å². The lowest BCUT2D eigenvalue weighted by molar-refractivity contribution is -0.136. The van der Waals surface area contributed by atoms with Crippen LogP contribution in [0.2, 0.25) is 0 Å². The standard InChI is InChI=1S/C19H25N3O5/c1-21(2)16(24)9-6-13-4-7-14(8-5-13)20-17-15(19(26)27-3)12-22(10-11-23)18(17)25/h4-5,7-8,20,23H,6,9-12H2,1-3H3. The van der Waals surface area contributed by atoms with Crippen molar-refractivity contribution in [3.05, 3.63) is 41.1 Å². The van der Waals surface area contributed by atoms with E-state index in [1.165, 1.54) is 12.0 Å². The minimum Gasteiger partial charge on any atom is -0.466 e. The summed E-state index contributed by atoms with van der Waals surface area (Å²) in [5.41, 5.74) is 2.04. The molecule has 0 fully saturated rings. The largest absolute Gasteiger partial charge is 0.466 e.